The lowest BCUT2D eigenvalue weighted by Crippen LogP contribution is -2.28. The molecule has 0 amide bonds. The fourth-order valence-electron chi connectivity index (χ4n) is 2.17. The van der Waals surface area contributed by atoms with Crippen LogP contribution in [0.2, 0.25) is 0 Å². The van der Waals surface area contributed by atoms with Crippen LogP contribution in [0.5, 0.6) is 5.75 Å². The molecule has 0 fully saturated rings. The molecule has 0 aliphatic carbocycles. The van der Waals surface area contributed by atoms with Gasteiger partial charge in [-0.25, -0.2) is 0 Å². The normalized spacial score (nSPS) is 12.7. The van der Waals surface area contributed by atoms with E-state index in [1.54, 1.807) is 6.92 Å². The lowest BCUT2D eigenvalue weighted by atomic mass is 9.82. The van der Waals surface area contributed by atoms with Gasteiger partial charge in [0.25, 0.3) is 0 Å². The van der Waals surface area contributed by atoms with Gasteiger partial charge in [0, 0.05) is 6.42 Å². The molecule has 0 saturated carbocycles. The first-order valence-corrected chi connectivity index (χ1v) is 9.52. The number of carbonyl (C=O) groups excluding carboxylic acids is 1. The first-order valence-electron chi connectivity index (χ1n) is 8.11. The summed E-state index contributed by atoms with van der Waals surface area (Å²) in [5.74, 6) is -0.638. The van der Waals surface area contributed by atoms with E-state index in [0.717, 1.165) is 12.0 Å². The molecule has 0 radical (unpaired) electrons. The Morgan fingerprint density at radius 3 is 2.15 bits per heavy atom. The summed E-state index contributed by atoms with van der Waals surface area (Å²) in [5, 5.41) is 0. The summed E-state index contributed by atoms with van der Waals surface area (Å²) in [5.41, 5.74) is -4.76. The van der Waals surface area contributed by atoms with Crippen LogP contribution < -0.4 is 4.18 Å². The first kappa shape index (κ1) is 22.3. The molecule has 9 heteroatoms. The van der Waals surface area contributed by atoms with Crippen LogP contribution in [0.1, 0.15) is 45.6 Å². The maximum atomic E-state index is 12.3. The van der Waals surface area contributed by atoms with E-state index in [1.165, 1.54) is 24.3 Å². The van der Waals surface area contributed by atoms with Gasteiger partial charge >= 0.3 is 21.6 Å². The van der Waals surface area contributed by atoms with Crippen LogP contribution >= 0.6 is 0 Å². The second kappa shape index (κ2) is 8.75. The number of ether oxygens (including phenoxy) is 1. The third-order valence-electron chi connectivity index (χ3n) is 3.81. The average molecular weight is 396 g/mol. The number of hydrogen-bond donors (Lipinski definition) is 0. The zero-order valence-electron chi connectivity index (χ0n) is 14.9. The molecule has 0 N–H and O–H groups in total. The SMILES string of the molecule is CCOC(=O)CCC(C)(C)CCc1ccc(OS(=O)(=O)C(F)(F)F)cc1. The number of aryl methyl sites for hydroxylation is 1. The van der Waals surface area contributed by atoms with Gasteiger partial charge in [-0.1, -0.05) is 26.0 Å². The van der Waals surface area contributed by atoms with Gasteiger partial charge in [0.15, 0.2) is 0 Å². The van der Waals surface area contributed by atoms with E-state index in [-0.39, 0.29) is 11.4 Å². The lowest BCUT2D eigenvalue weighted by Gasteiger charge is -2.24. The first-order chi connectivity index (χ1) is 11.9. The molecular weight excluding hydrogens is 373 g/mol. The van der Waals surface area contributed by atoms with E-state index in [2.05, 4.69) is 4.18 Å². The van der Waals surface area contributed by atoms with Gasteiger partial charge < -0.3 is 8.92 Å². The summed E-state index contributed by atoms with van der Waals surface area (Å²) in [4.78, 5) is 11.4. The van der Waals surface area contributed by atoms with Crippen LogP contribution in [0, 0.1) is 5.41 Å². The highest BCUT2D eigenvalue weighted by Gasteiger charge is 2.48. The zero-order chi connectivity index (χ0) is 20.0. The Balaban J connectivity index is 2.58. The highest BCUT2D eigenvalue weighted by atomic mass is 32.2. The van der Waals surface area contributed by atoms with Crippen molar-refractivity contribution in [2.45, 2.75) is 52.0 Å². The fraction of sp³-hybridized carbons (Fsp3) is 0.588. The molecule has 0 unspecified atom stereocenters. The summed E-state index contributed by atoms with van der Waals surface area (Å²) in [6, 6.07) is 5.40. The van der Waals surface area contributed by atoms with E-state index in [9.17, 15) is 26.4 Å². The second-order valence-electron chi connectivity index (χ2n) is 6.60. The van der Waals surface area contributed by atoms with E-state index >= 15 is 0 Å². The number of hydrogen-bond acceptors (Lipinski definition) is 5. The molecule has 0 atom stereocenters. The van der Waals surface area contributed by atoms with E-state index in [4.69, 9.17) is 4.74 Å². The van der Waals surface area contributed by atoms with Crippen molar-refractivity contribution in [1.29, 1.82) is 0 Å². The molecule has 1 aromatic rings. The summed E-state index contributed by atoms with van der Waals surface area (Å²) in [6.07, 6.45) is 2.34. The monoisotopic (exact) mass is 396 g/mol. The fourth-order valence-corrected chi connectivity index (χ4v) is 2.63. The van der Waals surface area contributed by atoms with Gasteiger partial charge in [0.1, 0.15) is 5.75 Å². The van der Waals surface area contributed by atoms with Gasteiger partial charge in [-0.3, -0.25) is 4.79 Å². The van der Waals surface area contributed by atoms with E-state index in [0.29, 0.717) is 25.9 Å². The van der Waals surface area contributed by atoms with Crippen molar-refractivity contribution in [3.05, 3.63) is 29.8 Å². The van der Waals surface area contributed by atoms with Crippen LogP contribution in [0.4, 0.5) is 13.2 Å². The summed E-state index contributed by atoms with van der Waals surface area (Å²) in [7, 11) is -5.66. The van der Waals surface area contributed by atoms with Gasteiger partial charge in [-0.05, 0) is 49.3 Å². The molecule has 1 rings (SSSR count). The minimum Gasteiger partial charge on any atom is -0.466 e. The van der Waals surface area contributed by atoms with Crippen molar-refractivity contribution in [2.24, 2.45) is 5.41 Å². The number of carbonyl (C=O) groups is 1. The standard InChI is InChI=1S/C17H23F3O5S/c1-4-24-15(21)10-12-16(2,3)11-9-13-5-7-14(8-6-13)25-26(22,23)17(18,19)20/h5-8H,4,9-12H2,1-3H3. The summed E-state index contributed by atoms with van der Waals surface area (Å²) in [6.45, 7) is 6.12. The van der Waals surface area contributed by atoms with Gasteiger partial charge in [-0.15, -0.1) is 0 Å². The highest BCUT2D eigenvalue weighted by molar-refractivity contribution is 7.88. The van der Waals surface area contributed by atoms with Crippen molar-refractivity contribution < 1.29 is 35.3 Å². The van der Waals surface area contributed by atoms with Crippen LogP contribution in [-0.4, -0.2) is 26.5 Å². The molecule has 0 spiro atoms. The van der Waals surface area contributed by atoms with Crippen LogP contribution in [-0.2, 0) is 26.1 Å². The number of halogens is 3. The highest BCUT2D eigenvalue weighted by Crippen LogP contribution is 2.30. The summed E-state index contributed by atoms with van der Waals surface area (Å²) >= 11 is 0. The molecule has 0 heterocycles. The van der Waals surface area contributed by atoms with Gasteiger partial charge in [-0.2, -0.15) is 21.6 Å². The maximum absolute atomic E-state index is 12.3. The Labute approximate surface area is 151 Å². The molecule has 1 aromatic carbocycles. The van der Waals surface area contributed by atoms with Gasteiger partial charge in [0.2, 0.25) is 0 Å². The van der Waals surface area contributed by atoms with Crippen molar-refractivity contribution in [3.8, 4) is 5.75 Å². The number of benzene rings is 1. The van der Waals surface area contributed by atoms with Crippen LogP contribution in [0.25, 0.3) is 0 Å². The molecule has 5 nitrogen and oxygen atoms in total. The van der Waals surface area contributed by atoms with Crippen LogP contribution in [0.15, 0.2) is 24.3 Å². The average Bonchev–Trinajstić information content (AvgIpc) is 2.51. The molecule has 0 bridgehead atoms. The Morgan fingerprint density at radius 1 is 1.08 bits per heavy atom. The smallest absolute Gasteiger partial charge is 0.466 e. The largest absolute Gasteiger partial charge is 0.534 e. The second-order valence-corrected chi connectivity index (χ2v) is 8.13. The van der Waals surface area contributed by atoms with Crippen molar-refractivity contribution >= 4 is 16.1 Å². The third kappa shape index (κ3) is 7.23. The molecule has 148 valence electrons. The molecular formula is C17H23F3O5S. The van der Waals surface area contributed by atoms with Gasteiger partial charge in [0.05, 0.1) is 6.61 Å². The Morgan fingerprint density at radius 2 is 1.65 bits per heavy atom. The van der Waals surface area contributed by atoms with Crippen molar-refractivity contribution in [1.82, 2.24) is 0 Å². The Kier molecular flexibility index (Phi) is 7.49. The molecule has 0 aromatic heterocycles. The minimum absolute atomic E-state index is 0.123. The Hall–Kier alpha value is -1.77. The quantitative estimate of drug-likeness (QED) is 0.355. The number of esters is 1. The van der Waals surface area contributed by atoms with E-state index in [1.807, 2.05) is 13.8 Å². The summed E-state index contributed by atoms with van der Waals surface area (Å²) < 4.78 is 67.7. The number of rotatable bonds is 9. The van der Waals surface area contributed by atoms with Crippen molar-refractivity contribution in [2.75, 3.05) is 6.61 Å². The third-order valence-corrected chi connectivity index (χ3v) is 4.79. The topological polar surface area (TPSA) is 69.7 Å². The Bertz CT molecular complexity index is 694. The molecule has 0 aliphatic heterocycles. The zero-order valence-corrected chi connectivity index (χ0v) is 15.7. The molecule has 0 aliphatic rings. The van der Waals surface area contributed by atoms with Crippen LogP contribution in [0.3, 0.4) is 0 Å². The predicted octanol–water partition coefficient (Wildman–Crippen LogP) is 4.22. The van der Waals surface area contributed by atoms with Crippen molar-refractivity contribution in [3.63, 3.8) is 0 Å². The maximum Gasteiger partial charge on any atom is 0.534 e. The predicted molar refractivity (Wildman–Crippen MR) is 90.0 cm³/mol. The van der Waals surface area contributed by atoms with E-state index < -0.39 is 21.4 Å². The minimum atomic E-state index is -5.66. The molecule has 0 saturated heterocycles. The lowest BCUT2D eigenvalue weighted by molar-refractivity contribution is -0.143. The number of alkyl halides is 3. The molecule has 26 heavy (non-hydrogen) atoms.